The average molecular weight is 342 g/mol. The molecule has 0 N–H and O–H groups in total. The Morgan fingerprint density at radius 1 is 1.40 bits per heavy atom. The fraction of sp³-hybridized carbons (Fsp3) is 0.875. The van der Waals surface area contributed by atoms with Crippen molar-refractivity contribution in [1.29, 1.82) is 0 Å². The second-order valence-electron chi connectivity index (χ2n) is 6.70. The van der Waals surface area contributed by atoms with Crippen LogP contribution in [-0.4, -0.2) is 19.6 Å². The Balaban J connectivity index is 1.98. The molecule has 1 fully saturated rings. The van der Waals surface area contributed by atoms with E-state index in [0.29, 0.717) is 10.7 Å². The maximum Gasteiger partial charge on any atom is 0.138 e. The van der Waals surface area contributed by atoms with Gasteiger partial charge < -0.3 is 0 Å². The van der Waals surface area contributed by atoms with Gasteiger partial charge >= 0.3 is 0 Å². The number of aromatic nitrogens is 3. The number of nitrogens with zero attached hydrogens (tertiary/aromatic N) is 3. The lowest BCUT2D eigenvalue weighted by Gasteiger charge is -2.33. The molecule has 1 aliphatic carbocycles. The van der Waals surface area contributed by atoms with E-state index in [1.54, 1.807) is 6.33 Å². The number of alkyl halides is 1. The van der Waals surface area contributed by atoms with Gasteiger partial charge in [0.05, 0.1) is 0 Å². The van der Waals surface area contributed by atoms with Crippen LogP contribution < -0.4 is 0 Å². The summed E-state index contributed by atoms with van der Waals surface area (Å²) in [7, 11) is 0. The van der Waals surface area contributed by atoms with Crippen LogP contribution >= 0.6 is 15.9 Å². The third-order valence-electron chi connectivity index (χ3n) is 4.37. The second kappa shape index (κ2) is 7.58. The van der Waals surface area contributed by atoms with Crippen molar-refractivity contribution in [2.24, 2.45) is 17.8 Å². The van der Waals surface area contributed by atoms with Crippen LogP contribution in [0.2, 0.25) is 0 Å². The Kier molecular flexibility index (Phi) is 6.06. The van der Waals surface area contributed by atoms with Gasteiger partial charge in [-0.15, -0.1) is 0 Å². The van der Waals surface area contributed by atoms with Crippen LogP contribution in [0.1, 0.15) is 58.7 Å². The van der Waals surface area contributed by atoms with Gasteiger partial charge in [-0.3, -0.25) is 0 Å². The number of hydrogen-bond acceptors (Lipinski definition) is 2. The number of rotatable bonds is 6. The molecule has 1 aromatic rings. The quantitative estimate of drug-likeness (QED) is 0.715. The first-order valence-corrected chi connectivity index (χ1v) is 9.02. The van der Waals surface area contributed by atoms with Crippen molar-refractivity contribution >= 4 is 15.9 Å². The highest BCUT2D eigenvalue weighted by Crippen LogP contribution is 2.37. The summed E-state index contributed by atoms with van der Waals surface area (Å²) < 4.78 is 2.10. The molecule has 1 heterocycles. The van der Waals surface area contributed by atoms with Gasteiger partial charge in [0.1, 0.15) is 12.2 Å². The van der Waals surface area contributed by atoms with Crippen LogP contribution in [0.25, 0.3) is 0 Å². The van der Waals surface area contributed by atoms with E-state index >= 15 is 0 Å². The first-order chi connectivity index (χ1) is 9.60. The van der Waals surface area contributed by atoms with E-state index < -0.39 is 0 Å². The van der Waals surface area contributed by atoms with Crippen LogP contribution in [0.5, 0.6) is 0 Å². The van der Waals surface area contributed by atoms with E-state index in [-0.39, 0.29) is 0 Å². The van der Waals surface area contributed by atoms with Gasteiger partial charge in [-0.1, -0.05) is 49.5 Å². The third-order valence-corrected chi connectivity index (χ3v) is 5.58. The summed E-state index contributed by atoms with van der Waals surface area (Å²) in [5, 5.41) is 4.39. The van der Waals surface area contributed by atoms with Crippen molar-refractivity contribution in [2.45, 2.75) is 70.7 Å². The Morgan fingerprint density at radius 2 is 2.20 bits per heavy atom. The summed E-state index contributed by atoms with van der Waals surface area (Å²) in [5.41, 5.74) is 0. The lowest BCUT2D eigenvalue weighted by atomic mass is 9.78. The minimum Gasteiger partial charge on any atom is -0.250 e. The van der Waals surface area contributed by atoms with Gasteiger partial charge in [-0.25, -0.2) is 9.67 Å². The summed E-state index contributed by atoms with van der Waals surface area (Å²) in [5.74, 6) is 3.43. The molecule has 0 aromatic carbocycles. The van der Waals surface area contributed by atoms with Crippen LogP contribution in [0.3, 0.4) is 0 Å². The van der Waals surface area contributed by atoms with Crippen molar-refractivity contribution in [1.82, 2.24) is 14.8 Å². The topological polar surface area (TPSA) is 30.7 Å². The number of halogens is 1. The van der Waals surface area contributed by atoms with Crippen LogP contribution in [0.4, 0.5) is 0 Å². The summed E-state index contributed by atoms with van der Waals surface area (Å²) in [6.07, 6.45) is 9.53. The molecule has 0 radical (unpaired) electrons. The fourth-order valence-electron chi connectivity index (χ4n) is 3.38. The van der Waals surface area contributed by atoms with Gasteiger partial charge in [0.2, 0.25) is 0 Å². The van der Waals surface area contributed by atoms with E-state index in [4.69, 9.17) is 0 Å². The van der Waals surface area contributed by atoms with Crippen LogP contribution in [0.15, 0.2) is 6.33 Å². The van der Waals surface area contributed by atoms with Crippen LogP contribution in [0, 0.1) is 17.8 Å². The van der Waals surface area contributed by atoms with E-state index in [9.17, 15) is 0 Å². The van der Waals surface area contributed by atoms with Gasteiger partial charge in [-0.05, 0) is 37.0 Å². The molecule has 0 amide bonds. The minimum absolute atomic E-state index is 0.620. The zero-order chi connectivity index (χ0) is 14.5. The van der Waals surface area contributed by atoms with Crippen molar-refractivity contribution in [2.75, 3.05) is 0 Å². The molecule has 2 rings (SSSR count). The fourth-order valence-corrected chi connectivity index (χ4v) is 4.05. The molecule has 1 aromatic heterocycles. The lowest BCUT2D eigenvalue weighted by Crippen LogP contribution is -2.28. The van der Waals surface area contributed by atoms with E-state index in [0.717, 1.165) is 24.8 Å². The molecule has 0 bridgehead atoms. The number of hydrogen-bond donors (Lipinski definition) is 0. The zero-order valence-corrected chi connectivity index (χ0v) is 14.6. The minimum atomic E-state index is 0.620. The van der Waals surface area contributed by atoms with Crippen molar-refractivity contribution in [3.05, 3.63) is 12.2 Å². The standard InChI is InChI=1S/C16H28BrN3/c1-4-5-13-6-7-15(17)14(8-13)9-16-18-11-19-20(16)10-12(2)3/h11-15H,4-10H2,1-3H3. The van der Waals surface area contributed by atoms with Gasteiger partial charge in [0, 0.05) is 17.8 Å². The molecule has 1 saturated carbocycles. The Labute approximate surface area is 131 Å². The highest BCUT2D eigenvalue weighted by molar-refractivity contribution is 9.09. The highest BCUT2D eigenvalue weighted by Gasteiger charge is 2.29. The monoisotopic (exact) mass is 341 g/mol. The molecule has 3 unspecified atom stereocenters. The summed E-state index contributed by atoms with van der Waals surface area (Å²) in [6, 6.07) is 0. The third kappa shape index (κ3) is 4.31. The van der Waals surface area contributed by atoms with Gasteiger partial charge in [0.25, 0.3) is 0 Å². The molecule has 0 saturated heterocycles. The van der Waals surface area contributed by atoms with Crippen LogP contribution in [-0.2, 0) is 13.0 Å². The van der Waals surface area contributed by atoms with Gasteiger partial charge in [0.15, 0.2) is 0 Å². The largest absolute Gasteiger partial charge is 0.250 e. The Hall–Kier alpha value is -0.380. The van der Waals surface area contributed by atoms with E-state index in [1.807, 2.05) is 0 Å². The average Bonchev–Trinajstić information content (AvgIpc) is 2.80. The molecule has 3 nitrogen and oxygen atoms in total. The van der Waals surface area contributed by atoms with E-state index in [2.05, 4.69) is 51.5 Å². The Morgan fingerprint density at radius 3 is 2.90 bits per heavy atom. The molecule has 20 heavy (non-hydrogen) atoms. The SMILES string of the molecule is CCCC1CCC(Br)C(Cc2ncnn2CC(C)C)C1. The smallest absolute Gasteiger partial charge is 0.138 e. The van der Waals surface area contributed by atoms with E-state index in [1.165, 1.54) is 37.9 Å². The predicted octanol–water partition coefficient (Wildman–Crippen LogP) is 4.46. The molecule has 0 spiro atoms. The zero-order valence-electron chi connectivity index (χ0n) is 13.1. The van der Waals surface area contributed by atoms with Crippen molar-refractivity contribution in [3.63, 3.8) is 0 Å². The normalized spacial score (nSPS) is 27.1. The Bertz CT molecular complexity index is 402. The molecule has 3 atom stereocenters. The molecular formula is C16H28BrN3. The molecule has 4 heteroatoms. The maximum atomic E-state index is 4.50. The summed E-state index contributed by atoms with van der Waals surface area (Å²) in [4.78, 5) is 5.15. The molecule has 0 aliphatic heterocycles. The molecule has 1 aliphatic rings. The molecule has 114 valence electrons. The van der Waals surface area contributed by atoms with Gasteiger partial charge in [-0.2, -0.15) is 5.10 Å². The highest BCUT2D eigenvalue weighted by atomic mass is 79.9. The summed E-state index contributed by atoms with van der Waals surface area (Å²) in [6.45, 7) is 7.75. The lowest BCUT2D eigenvalue weighted by molar-refractivity contribution is 0.257. The molecular weight excluding hydrogens is 314 g/mol. The first-order valence-electron chi connectivity index (χ1n) is 8.10. The second-order valence-corrected chi connectivity index (χ2v) is 7.88. The summed E-state index contributed by atoms with van der Waals surface area (Å²) >= 11 is 3.90. The van der Waals surface area contributed by atoms with Crippen molar-refractivity contribution in [3.8, 4) is 0 Å². The first kappa shape index (κ1) is 16.0. The van der Waals surface area contributed by atoms with Crippen molar-refractivity contribution < 1.29 is 0 Å². The maximum absolute atomic E-state index is 4.50. The predicted molar refractivity (Wildman–Crippen MR) is 87.0 cm³/mol.